The Balaban J connectivity index is 0.000001000. The first kappa shape index (κ1) is 10.6. The number of phenols is 1. The molecule has 2 nitrogen and oxygen atoms in total. The Labute approximate surface area is 76.4 Å². The molecular weight excluding hydrogens is 185 g/mol. The Morgan fingerprint density at radius 1 is 1.45 bits per heavy atom. The molecule has 1 rings (SSSR count). The van der Waals surface area contributed by atoms with Crippen molar-refractivity contribution < 1.29 is 5.11 Å². The third kappa shape index (κ3) is 2.26. The van der Waals surface area contributed by atoms with Gasteiger partial charge >= 0.3 is 0 Å². The van der Waals surface area contributed by atoms with E-state index in [-0.39, 0.29) is 18.2 Å². The van der Waals surface area contributed by atoms with Crippen LogP contribution in [0, 0.1) is 0 Å². The summed E-state index contributed by atoms with van der Waals surface area (Å²) < 4.78 is 0. The fourth-order valence-electron chi connectivity index (χ4n) is 0.724. The summed E-state index contributed by atoms with van der Waals surface area (Å²) in [7, 11) is 0. The van der Waals surface area contributed by atoms with E-state index in [4.69, 9.17) is 22.4 Å². The van der Waals surface area contributed by atoms with Crippen molar-refractivity contribution in [3.05, 3.63) is 28.8 Å². The van der Waals surface area contributed by atoms with Gasteiger partial charge in [0.15, 0.2) is 0 Å². The lowest BCUT2D eigenvalue weighted by atomic mass is 10.2. The molecule has 1 aromatic carbocycles. The highest BCUT2D eigenvalue weighted by Gasteiger charge is 2.00. The van der Waals surface area contributed by atoms with Crippen LogP contribution < -0.4 is 5.73 Å². The molecule has 0 fully saturated rings. The predicted molar refractivity (Wildman–Crippen MR) is 48.3 cm³/mol. The molecule has 0 atom stereocenters. The van der Waals surface area contributed by atoms with Crippen molar-refractivity contribution in [3.63, 3.8) is 0 Å². The van der Waals surface area contributed by atoms with Crippen molar-refractivity contribution in [3.8, 4) is 5.75 Å². The highest BCUT2D eigenvalue weighted by molar-refractivity contribution is 6.32. The van der Waals surface area contributed by atoms with Crippen LogP contribution in [0.4, 0.5) is 0 Å². The Morgan fingerprint density at radius 2 is 2.09 bits per heavy atom. The van der Waals surface area contributed by atoms with Crippen LogP contribution in [0.2, 0.25) is 5.02 Å². The highest BCUT2D eigenvalue weighted by atomic mass is 35.5. The van der Waals surface area contributed by atoms with Crippen LogP contribution in [0.1, 0.15) is 5.56 Å². The number of phenolic OH excluding ortho intramolecular Hbond substituents is 1. The van der Waals surface area contributed by atoms with E-state index in [1.54, 1.807) is 12.1 Å². The minimum absolute atomic E-state index is 0. The van der Waals surface area contributed by atoms with E-state index >= 15 is 0 Å². The van der Waals surface area contributed by atoms with Crippen LogP contribution in [-0.2, 0) is 6.54 Å². The molecule has 11 heavy (non-hydrogen) atoms. The highest BCUT2D eigenvalue weighted by Crippen LogP contribution is 2.25. The smallest absolute Gasteiger partial charge is 0.134 e. The Bertz CT molecular complexity index is 240. The summed E-state index contributed by atoms with van der Waals surface area (Å²) in [6.07, 6.45) is 0. The Kier molecular flexibility index (Phi) is 4.26. The first-order valence-corrected chi connectivity index (χ1v) is 3.30. The monoisotopic (exact) mass is 193 g/mol. The summed E-state index contributed by atoms with van der Waals surface area (Å²) in [5.41, 5.74) is 6.09. The minimum atomic E-state index is 0. The number of halogens is 2. The standard InChI is InChI=1S/C7H8ClNO.ClH/c8-7-5(4-9)2-1-3-6(7)10;/h1-3,10H,4,9H2;1H. The van der Waals surface area contributed by atoms with Gasteiger partial charge in [0.2, 0.25) is 0 Å². The minimum Gasteiger partial charge on any atom is -0.506 e. The Morgan fingerprint density at radius 3 is 2.55 bits per heavy atom. The second-order valence-corrected chi connectivity index (χ2v) is 2.33. The molecular formula is C7H9Cl2NO. The number of benzene rings is 1. The first-order valence-electron chi connectivity index (χ1n) is 2.92. The number of nitrogens with two attached hydrogens (primary N) is 1. The molecule has 0 amide bonds. The molecule has 0 radical (unpaired) electrons. The van der Waals surface area contributed by atoms with Crippen LogP contribution in [0.3, 0.4) is 0 Å². The fraction of sp³-hybridized carbons (Fsp3) is 0.143. The second kappa shape index (κ2) is 4.44. The number of hydrogen-bond acceptors (Lipinski definition) is 2. The van der Waals surface area contributed by atoms with Crippen molar-refractivity contribution in [1.82, 2.24) is 0 Å². The second-order valence-electron chi connectivity index (χ2n) is 1.95. The lowest BCUT2D eigenvalue weighted by Gasteiger charge is -2.00. The van der Waals surface area contributed by atoms with Gasteiger partial charge in [-0.2, -0.15) is 0 Å². The molecule has 62 valence electrons. The summed E-state index contributed by atoms with van der Waals surface area (Å²) in [6.45, 7) is 0.354. The zero-order valence-electron chi connectivity index (χ0n) is 5.75. The summed E-state index contributed by atoms with van der Waals surface area (Å²) in [5.74, 6) is 0.0876. The van der Waals surface area contributed by atoms with Crippen LogP contribution in [0.5, 0.6) is 5.75 Å². The van der Waals surface area contributed by atoms with Crippen molar-refractivity contribution >= 4 is 24.0 Å². The third-order valence-electron chi connectivity index (χ3n) is 1.28. The number of rotatable bonds is 1. The van der Waals surface area contributed by atoms with E-state index in [0.717, 1.165) is 5.56 Å². The zero-order chi connectivity index (χ0) is 7.56. The van der Waals surface area contributed by atoms with E-state index in [1.165, 1.54) is 6.07 Å². The van der Waals surface area contributed by atoms with Crippen LogP contribution in [0.25, 0.3) is 0 Å². The molecule has 0 aliphatic rings. The summed E-state index contributed by atoms with van der Waals surface area (Å²) in [4.78, 5) is 0. The van der Waals surface area contributed by atoms with Crippen molar-refractivity contribution in [2.24, 2.45) is 5.73 Å². The molecule has 4 heteroatoms. The molecule has 0 aliphatic carbocycles. The van der Waals surface area contributed by atoms with E-state index in [2.05, 4.69) is 0 Å². The van der Waals surface area contributed by atoms with Gasteiger partial charge in [-0.15, -0.1) is 12.4 Å². The average Bonchev–Trinajstić information content (AvgIpc) is 1.95. The summed E-state index contributed by atoms with van der Waals surface area (Å²) in [6, 6.07) is 5.02. The summed E-state index contributed by atoms with van der Waals surface area (Å²) >= 11 is 5.66. The molecule has 0 aliphatic heterocycles. The molecule has 3 N–H and O–H groups in total. The van der Waals surface area contributed by atoms with Gasteiger partial charge in [0.25, 0.3) is 0 Å². The quantitative estimate of drug-likeness (QED) is 0.717. The lowest BCUT2D eigenvalue weighted by molar-refractivity contribution is 0.475. The average molecular weight is 194 g/mol. The van der Waals surface area contributed by atoms with Gasteiger partial charge in [-0.3, -0.25) is 0 Å². The lowest BCUT2D eigenvalue weighted by Crippen LogP contribution is -1.96. The summed E-state index contributed by atoms with van der Waals surface area (Å²) in [5, 5.41) is 9.40. The van der Waals surface area contributed by atoms with Crippen molar-refractivity contribution in [1.29, 1.82) is 0 Å². The van der Waals surface area contributed by atoms with E-state index in [1.807, 2.05) is 0 Å². The Hall–Kier alpha value is -0.440. The normalized spacial score (nSPS) is 8.91. The SMILES string of the molecule is Cl.NCc1cccc(O)c1Cl. The van der Waals surface area contributed by atoms with Crippen LogP contribution >= 0.6 is 24.0 Å². The molecule has 0 unspecified atom stereocenters. The fourth-order valence-corrected chi connectivity index (χ4v) is 0.927. The van der Waals surface area contributed by atoms with Gasteiger partial charge < -0.3 is 10.8 Å². The zero-order valence-corrected chi connectivity index (χ0v) is 7.32. The molecule has 0 saturated carbocycles. The van der Waals surface area contributed by atoms with E-state index < -0.39 is 0 Å². The van der Waals surface area contributed by atoms with Crippen LogP contribution in [0.15, 0.2) is 18.2 Å². The molecule has 0 saturated heterocycles. The molecule has 0 spiro atoms. The third-order valence-corrected chi connectivity index (χ3v) is 1.71. The number of aromatic hydroxyl groups is 1. The van der Waals surface area contributed by atoms with E-state index in [0.29, 0.717) is 11.6 Å². The topological polar surface area (TPSA) is 46.2 Å². The van der Waals surface area contributed by atoms with Gasteiger partial charge in [-0.05, 0) is 11.6 Å². The van der Waals surface area contributed by atoms with Gasteiger partial charge in [-0.25, -0.2) is 0 Å². The maximum Gasteiger partial charge on any atom is 0.134 e. The largest absolute Gasteiger partial charge is 0.506 e. The predicted octanol–water partition coefficient (Wildman–Crippen LogP) is 1.93. The van der Waals surface area contributed by atoms with E-state index in [9.17, 15) is 0 Å². The van der Waals surface area contributed by atoms with Gasteiger partial charge in [0.1, 0.15) is 5.75 Å². The van der Waals surface area contributed by atoms with Crippen molar-refractivity contribution in [2.45, 2.75) is 6.54 Å². The molecule has 0 aromatic heterocycles. The number of hydrogen-bond donors (Lipinski definition) is 2. The van der Waals surface area contributed by atoms with Gasteiger partial charge in [0.05, 0.1) is 5.02 Å². The van der Waals surface area contributed by atoms with Gasteiger partial charge in [0, 0.05) is 6.54 Å². The van der Waals surface area contributed by atoms with Crippen LogP contribution in [-0.4, -0.2) is 5.11 Å². The van der Waals surface area contributed by atoms with Crippen molar-refractivity contribution in [2.75, 3.05) is 0 Å². The van der Waals surface area contributed by atoms with Gasteiger partial charge in [-0.1, -0.05) is 23.7 Å². The molecule has 0 bridgehead atoms. The molecule has 0 heterocycles. The molecule has 1 aromatic rings. The maximum atomic E-state index is 9.04. The maximum absolute atomic E-state index is 9.04. The first-order chi connectivity index (χ1) is 4.75.